The number of fused-ring (bicyclic) bond motifs is 2. The molecule has 0 unspecified atom stereocenters. The van der Waals surface area contributed by atoms with E-state index in [-0.39, 0.29) is 17.3 Å². The van der Waals surface area contributed by atoms with Gasteiger partial charge in [0.25, 0.3) is 5.69 Å². The third-order valence-electron chi connectivity index (χ3n) is 4.25. The Labute approximate surface area is 166 Å². The predicted molar refractivity (Wildman–Crippen MR) is 109 cm³/mol. The van der Waals surface area contributed by atoms with Crippen LogP contribution in [0.15, 0.2) is 60.7 Å². The van der Waals surface area contributed by atoms with Crippen LogP contribution in [-0.4, -0.2) is 10.8 Å². The first kappa shape index (κ1) is 18.2. The van der Waals surface area contributed by atoms with Crippen molar-refractivity contribution in [2.75, 3.05) is 5.32 Å². The lowest BCUT2D eigenvalue weighted by Gasteiger charge is -2.14. The van der Waals surface area contributed by atoms with Crippen LogP contribution in [0.3, 0.4) is 0 Å². The Morgan fingerprint density at radius 1 is 1.03 bits per heavy atom. The molecule has 3 aromatic carbocycles. The zero-order chi connectivity index (χ0) is 20.4. The van der Waals surface area contributed by atoms with E-state index in [0.717, 1.165) is 5.56 Å². The summed E-state index contributed by atoms with van der Waals surface area (Å²) in [5, 5.41) is 14.1. The standard InChI is InChI=1S/C22H16N2O5/c1-14(25)23-16-6-4-7-18(11-16)28-21-12-17(24(26)27)13-22-19(21)10-9-15-5-2-3-8-20(15)29-22/h2-13H,1H3,(H,23,25). The molecule has 144 valence electrons. The number of non-ortho nitro benzene ring substituents is 1. The number of para-hydroxylation sites is 1. The number of benzene rings is 3. The van der Waals surface area contributed by atoms with Crippen LogP contribution in [-0.2, 0) is 4.79 Å². The summed E-state index contributed by atoms with van der Waals surface area (Å²) < 4.78 is 11.9. The van der Waals surface area contributed by atoms with Gasteiger partial charge < -0.3 is 14.8 Å². The van der Waals surface area contributed by atoms with Crippen LogP contribution in [0, 0.1) is 10.1 Å². The number of hydrogen-bond acceptors (Lipinski definition) is 5. The van der Waals surface area contributed by atoms with Crippen molar-refractivity contribution >= 4 is 29.4 Å². The molecule has 0 fully saturated rings. The summed E-state index contributed by atoms with van der Waals surface area (Å²) in [6.45, 7) is 1.41. The van der Waals surface area contributed by atoms with Gasteiger partial charge in [0.1, 0.15) is 23.0 Å². The Kier molecular flexibility index (Phi) is 4.70. The second-order valence-electron chi connectivity index (χ2n) is 6.40. The smallest absolute Gasteiger partial charge is 0.276 e. The van der Waals surface area contributed by atoms with Gasteiger partial charge in [-0.25, -0.2) is 0 Å². The number of anilines is 1. The minimum atomic E-state index is -0.495. The van der Waals surface area contributed by atoms with E-state index >= 15 is 0 Å². The highest BCUT2D eigenvalue weighted by atomic mass is 16.6. The molecule has 0 bridgehead atoms. The fourth-order valence-corrected chi connectivity index (χ4v) is 3.00. The molecule has 29 heavy (non-hydrogen) atoms. The monoisotopic (exact) mass is 388 g/mol. The van der Waals surface area contributed by atoms with Crippen molar-refractivity contribution in [1.29, 1.82) is 0 Å². The van der Waals surface area contributed by atoms with Gasteiger partial charge in [0.05, 0.1) is 22.6 Å². The average Bonchev–Trinajstić information content (AvgIpc) is 2.87. The first-order valence-corrected chi connectivity index (χ1v) is 8.82. The predicted octanol–water partition coefficient (Wildman–Crippen LogP) is 5.62. The van der Waals surface area contributed by atoms with Crippen LogP contribution in [0.25, 0.3) is 12.2 Å². The minimum absolute atomic E-state index is 0.149. The molecule has 0 atom stereocenters. The number of amides is 1. The van der Waals surface area contributed by atoms with E-state index in [1.165, 1.54) is 19.1 Å². The molecule has 7 nitrogen and oxygen atoms in total. The molecule has 1 amide bonds. The molecule has 1 N–H and O–H groups in total. The molecule has 0 saturated carbocycles. The highest BCUT2D eigenvalue weighted by Crippen LogP contribution is 2.42. The minimum Gasteiger partial charge on any atom is -0.456 e. The maximum atomic E-state index is 11.4. The van der Waals surface area contributed by atoms with Crippen LogP contribution >= 0.6 is 0 Å². The van der Waals surface area contributed by atoms with Crippen LogP contribution < -0.4 is 14.8 Å². The number of nitro groups is 1. The second-order valence-corrected chi connectivity index (χ2v) is 6.40. The molecule has 0 aliphatic carbocycles. The molecular weight excluding hydrogens is 372 g/mol. The summed E-state index contributed by atoms with van der Waals surface area (Å²) >= 11 is 0. The van der Waals surface area contributed by atoms with Crippen molar-refractivity contribution in [2.45, 2.75) is 6.92 Å². The number of rotatable bonds is 4. The lowest BCUT2D eigenvalue weighted by atomic mass is 10.1. The first-order valence-electron chi connectivity index (χ1n) is 8.82. The lowest BCUT2D eigenvalue weighted by molar-refractivity contribution is -0.385. The normalized spacial score (nSPS) is 11.5. The van der Waals surface area contributed by atoms with Crippen LogP contribution in [0.4, 0.5) is 11.4 Å². The molecule has 4 rings (SSSR count). The van der Waals surface area contributed by atoms with E-state index in [0.29, 0.717) is 28.5 Å². The number of carbonyl (C=O) groups is 1. The van der Waals surface area contributed by atoms with Gasteiger partial charge in [-0.2, -0.15) is 0 Å². The molecule has 1 aliphatic rings. The molecule has 0 saturated heterocycles. The van der Waals surface area contributed by atoms with Crippen molar-refractivity contribution in [3.05, 3.63) is 81.9 Å². The van der Waals surface area contributed by atoms with Crippen LogP contribution in [0.5, 0.6) is 23.0 Å². The van der Waals surface area contributed by atoms with Crippen molar-refractivity contribution in [2.24, 2.45) is 0 Å². The Balaban J connectivity index is 1.78. The summed E-state index contributed by atoms with van der Waals surface area (Å²) in [7, 11) is 0. The molecule has 0 radical (unpaired) electrons. The number of nitrogens with zero attached hydrogens (tertiary/aromatic N) is 1. The highest BCUT2D eigenvalue weighted by Gasteiger charge is 2.21. The largest absolute Gasteiger partial charge is 0.456 e. The SMILES string of the molecule is CC(=O)Nc1cccc(Oc2cc([N+](=O)[O-])cc3c2C=Cc2ccccc2O3)c1. The van der Waals surface area contributed by atoms with Crippen molar-refractivity contribution in [3.8, 4) is 23.0 Å². The topological polar surface area (TPSA) is 90.7 Å². The summed E-state index contributed by atoms with van der Waals surface area (Å²) in [6.07, 6.45) is 3.67. The van der Waals surface area contributed by atoms with Gasteiger partial charge in [0.15, 0.2) is 0 Å². The first-order chi connectivity index (χ1) is 14.0. The van der Waals surface area contributed by atoms with Crippen molar-refractivity contribution < 1.29 is 19.2 Å². The number of nitro benzene ring substituents is 1. The highest BCUT2D eigenvalue weighted by molar-refractivity contribution is 5.89. The molecule has 3 aromatic rings. The fourth-order valence-electron chi connectivity index (χ4n) is 3.00. The molecular formula is C22H16N2O5. The van der Waals surface area contributed by atoms with Crippen molar-refractivity contribution in [1.82, 2.24) is 0 Å². The zero-order valence-corrected chi connectivity index (χ0v) is 15.4. The van der Waals surface area contributed by atoms with Crippen LogP contribution in [0.1, 0.15) is 18.1 Å². The zero-order valence-electron chi connectivity index (χ0n) is 15.4. The van der Waals surface area contributed by atoms with E-state index in [1.54, 1.807) is 36.4 Å². The van der Waals surface area contributed by atoms with E-state index in [1.807, 2.05) is 24.3 Å². The Hall–Kier alpha value is -4.13. The number of ether oxygens (including phenoxy) is 2. The van der Waals surface area contributed by atoms with Gasteiger partial charge in [0.2, 0.25) is 5.91 Å². The van der Waals surface area contributed by atoms with E-state index < -0.39 is 4.92 Å². The molecule has 1 aliphatic heterocycles. The fraction of sp³-hybridized carbons (Fsp3) is 0.0455. The quantitative estimate of drug-likeness (QED) is 0.362. The molecule has 0 spiro atoms. The Morgan fingerprint density at radius 3 is 2.66 bits per heavy atom. The van der Waals surface area contributed by atoms with Crippen molar-refractivity contribution in [3.63, 3.8) is 0 Å². The maximum absolute atomic E-state index is 11.4. The molecule has 7 heteroatoms. The molecule has 1 heterocycles. The molecule has 0 aromatic heterocycles. The summed E-state index contributed by atoms with van der Waals surface area (Å²) in [4.78, 5) is 22.2. The van der Waals surface area contributed by atoms with E-state index in [4.69, 9.17) is 9.47 Å². The maximum Gasteiger partial charge on any atom is 0.276 e. The van der Waals surface area contributed by atoms with Gasteiger partial charge in [-0.3, -0.25) is 14.9 Å². The number of carbonyl (C=O) groups excluding carboxylic acids is 1. The lowest BCUT2D eigenvalue weighted by Crippen LogP contribution is -2.05. The Morgan fingerprint density at radius 2 is 1.86 bits per heavy atom. The number of nitrogens with one attached hydrogen (secondary N) is 1. The Bertz CT molecular complexity index is 1150. The summed E-state index contributed by atoms with van der Waals surface area (Å²) in [5.41, 5.74) is 1.84. The van der Waals surface area contributed by atoms with Gasteiger partial charge >= 0.3 is 0 Å². The van der Waals surface area contributed by atoms with Gasteiger partial charge in [-0.05, 0) is 24.3 Å². The van der Waals surface area contributed by atoms with E-state index in [2.05, 4.69) is 5.32 Å². The summed E-state index contributed by atoms with van der Waals surface area (Å²) in [5.74, 6) is 1.42. The third-order valence-corrected chi connectivity index (χ3v) is 4.25. The third kappa shape index (κ3) is 3.93. The second kappa shape index (κ2) is 7.47. The van der Waals surface area contributed by atoms with Gasteiger partial charge in [0, 0.05) is 24.2 Å². The van der Waals surface area contributed by atoms with E-state index in [9.17, 15) is 14.9 Å². The number of hydrogen-bond donors (Lipinski definition) is 1. The van der Waals surface area contributed by atoms with Crippen LogP contribution in [0.2, 0.25) is 0 Å². The van der Waals surface area contributed by atoms with Gasteiger partial charge in [-0.15, -0.1) is 0 Å². The van der Waals surface area contributed by atoms with Gasteiger partial charge in [-0.1, -0.05) is 30.3 Å². The summed E-state index contributed by atoms with van der Waals surface area (Å²) in [6, 6.07) is 16.9. The average molecular weight is 388 g/mol.